The highest BCUT2D eigenvalue weighted by molar-refractivity contribution is 5.85. The largest absolute Gasteiger partial charge is 0.481 e. The molecule has 0 aliphatic rings. The van der Waals surface area contributed by atoms with E-state index in [2.05, 4.69) is 5.32 Å². The van der Waals surface area contributed by atoms with Crippen LogP contribution in [0.2, 0.25) is 0 Å². The Bertz CT molecular complexity index is 902. The van der Waals surface area contributed by atoms with Gasteiger partial charge in [-0.25, -0.2) is 4.79 Å². The second-order valence-electron chi connectivity index (χ2n) is 6.77. The third-order valence-corrected chi connectivity index (χ3v) is 4.62. The van der Waals surface area contributed by atoms with E-state index in [0.717, 1.165) is 17.4 Å². The second-order valence-corrected chi connectivity index (χ2v) is 6.77. The predicted octanol–water partition coefficient (Wildman–Crippen LogP) is 3.19. The number of hydrogen-bond acceptors (Lipinski definition) is 5. The maximum absolute atomic E-state index is 12.2. The monoisotopic (exact) mass is 389 g/mol. The van der Waals surface area contributed by atoms with E-state index in [0.29, 0.717) is 42.7 Å². The summed E-state index contributed by atoms with van der Waals surface area (Å²) in [7, 11) is 0. The van der Waals surface area contributed by atoms with Gasteiger partial charge in [-0.2, -0.15) is 0 Å². The first-order chi connectivity index (χ1) is 13.3. The lowest BCUT2D eigenvalue weighted by Gasteiger charge is -2.17. The molecule has 0 radical (unpaired) electrons. The molecule has 1 aromatic heterocycles. The number of ether oxygens (including phenoxy) is 1. The fraction of sp³-hybridized carbons (Fsp3) is 0.476. The lowest BCUT2D eigenvalue weighted by atomic mass is 10.0. The SMILES string of the molecule is CCc1cc(=O)oc2c(C)c(O[C@@H](C)C(=O)NCCCCCC(=O)O)ccc12. The maximum Gasteiger partial charge on any atom is 0.336 e. The van der Waals surface area contributed by atoms with Gasteiger partial charge < -0.3 is 19.6 Å². The number of carbonyl (C=O) groups excluding carboxylic acids is 1. The number of aryl methyl sites for hydroxylation is 2. The molecule has 28 heavy (non-hydrogen) atoms. The number of nitrogens with one attached hydrogen (secondary N) is 1. The number of unbranched alkanes of at least 4 members (excludes halogenated alkanes) is 2. The normalized spacial score (nSPS) is 12.0. The van der Waals surface area contributed by atoms with Crippen LogP contribution in [0.25, 0.3) is 11.0 Å². The minimum Gasteiger partial charge on any atom is -0.481 e. The molecule has 7 nitrogen and oxygen atoms in total. The number of carbonyl (C=O) groups is 2. The summed E-state index contributed by atoms with van der Waals surface area (Å²) < 4.78 is 11.1. The van der Waals surface area contributed by atoms with E-state index in [9.17, 15) is 14.4 Å². The Morgan fingerprint density at radius 2 is 2.00 bits per heavy atom. The molecule has 0 aliphatic heterocycles. The Hall–Kier alpha value is -2.83. The van der Waals surface area contributed by atoms with Crippen molar-refractivity contribution < 1.29 is 23.8 Å². The van der Waals surface area contributed by atoms with Crippen LogP contribution in [0, 0.1) is 6.92 Å². The molecule has 0 spiro atoms. The molecule has 1 heterocycles. The first-order valence-electron chi connectivity index (χ1n) is 9.56. The number of amides is 1. The molecular formula is C21H27NO6. The topological polar surface area (TPSA) is 106 Å². The minimum absolute atomic E-state index is 0.143. The number of benzene rings is 1. The number of aliphatic carboxylic acids is 1. The van der Waals surface area contributed by atoms with Gasteiger partial charge in [-0.05, 0) is 50.8 Å². The zero-order valence-corrected chi connectivity index (χ0v) is 16.5. The molecule has 0 bridgehead atoms. The first-order valence-corrected chi connectivity index (χ1v) is 9.56. The van der Waals surface area contributed by atoms with Crippen molar-refractivity contribution in [2.45, 2.75) is 59.0 Å². The first kappa shape index (κ1) is 21.5. The molecule has 2 aromatic rings. The smallest absolute Gasteiger partial charge is 0.336 e. The zero-order chi connectivity index (χ0) is 20.7. The van der Waals surface area contributed by atoms with E-state index in [-0.39, 0.29) is 12.3 Å². The van der Waals surface area contributed by atoms with Crippen molar-refractivity contribution >= 4 is 22.8 Å². The molecule has 2 N–H and O–H groups in total. The number of fused-ring (bicyclic) bond motifs is 1. The van der Waals surface area contributed by atoms with E-state index >= 15 is 0 Å². The third-order valence-electron chi connectivity index (χ3n) is 4.62. The van der Waals surface area contributed by atoms with E-state index in [4.69, 9.17) is 14.3 Å². The van der Waals surface area contributed by atoms with Gasteiger partial charge >= 0.3 is 11.6 Å². The van der Waals surface area contributed by atoms with Gasteiger partial charge in [0, 0.05) is 30.0 Å². The molecule has 1 aromatic carbocycles. The van der Waals surface area contributed by atoms with E-state index in [1.165, 1.54) is 6.07 Å². The number of hydrogen-bond donors (Lipinski definition) is 2. The van der Waals surface area contributed by atoms with Gasteiger partial charge in [0.15, 0.2) is 6.10 Å². The Labute approximate surface area is 163 Å². The van der Waals surface area contributed by atoms with E-state index in [1.807, 2.05) is 13.0 Å². The number of carboxylic acids is 1. The van der Waals surface area contributed by atoms with Crippen molar-refractivity contribution in [1.29, 1.82) is 0 Å². The predicted molar refractivity (Wildman–Crippen MR) is 106 cm³/mol. The molecule has 152 valence electrons. The Morgan fingerprint density at radius 3 is 2.68 bits per heavy atom. The molecule has 1 atom stereocenters. The van der Waals surface area contributed by atoms with Crippen LogP contribution in [0.1, 0.15) is 50.7 Å². The fourth-order valence-corrected chi connectivity index (χ4v) is 3.01. The number of carboxylic acid groups (broad SMARTS) is 1. The van der Waals surface area contributed by atoms with Crippen LogP contribution in [-0.2, 0) is 16.0 Å². The lowest BCUT2D eigenvalue weighted by Crippen LogP contribution is -2.36. The van der Waals surface area contributed by atoms with Crippen LogP contribution in [0.5, 0.6) is 5.75 Å². The summed E-state index contributed by atoms with van der Waals surface area (Å²) in [6.45, 7) is 5.90. The van der Waals surface area contributed by atoms with Gasteiger partial charge in [0.05, 0.1) is 0 Å². The summed E-state index contributed by atoms with van der Waals surface area (Å²) in [5, 5.41) is 12.2. The Kier molecular flexibility index (Phi) is 7.61. The summed E-state index contributed by atoms with van der Waals surface area (Å²) in [5.41, 5.74) is 1.67. The van der Waals surface area contributed by atoms with Crippen LogP contribution < -0.4 is 15.7 Å². The molecular weight excluding hydrogens is 362 g/mol. The second kappa shape index (κ2) is 9.92. The average molecular weight is 389 g/mol. The maximum atomic E-state index is 12.2. The highest BCUT2D eigenvalue weighted by Gasteiger charge is 2.17. The molecule has 2 rings (SSSR count). The fourth-order valence-electron chi connectivity index (χ4n) is 3.01. The number of rotatable bonds is 10. The minimum atomic E-state index is -0.807. The van der Waals surface area contributed by atoms with Crippen LogP contribution in [0.4, 0.5) is 0 Å². The summed E-state index contributed by atoms with van der Waals surface area (Å²) in [6, 6.07) is 5.12. The van der Waals surface area contributed by atoms with Gasteiger partial charge in [0.2, 0.25) is 0 Å². The van der Waals surface area contributed by atoms with Crippen molar-refractivity contribution in [3.8, 4) is 5.75 Å². The van der Waals surface area contributed by atoms with Gasteiger partial charge in [0.1, 0.15) is 11.3 Å². The van der Waals surface area contributed by atoms with Crippen LogP contribution in [0.15, 0.2) is 27.4 Å². The van der Waals surface area contributed by atoms with Crippen LogP contribution in [0.3, 0.4) is 0 Å². The molecule has 0 saturated carbocycles. The third kappa shape index (κ3) is 5.58. The van der Waals surface area contributed by atoms with Crippen molar-refractivity contribution in [3.63, 3.8) is 0 Å². The summed E-state index contributed by atoms with van der Waals surface area (Å²) in [5.74, 6) is -0.562. The van der Waals surface area contributed by atoms with Gasteiger partial charge in [-0.3, -0.25) is 9.59 Å². The molecule has 0 aliphatic carbocycles. The summed E-state index contributed by atoms with van der Waals surface area (Å²) >= 11 is 0. The van der Waals surface area contributed by atoms with Gasteiger partial charge in [0.25, 0.3) is 5.91 Å². The molecule has 1 amide bonds. The van der Waals surface area contributed by atoms with Crippen LogP contribution >= 0.6 is 0 Å². The van der Waals surface area contributed by atoms with Crippen molar-refractivity contribution in [2.24, 2.45) is 0 Å². The van der Waals surface area contributed by atoms with Gasteiger partial charge in [-0.1, -0.05) is 13.3 Å². The molecule has 0 saturated heterocycles. The highest BCUT2D eigenvalue weighted by Crippen LogP contribution is 2.29. The Balaban J connectivity index is 1.98. The van der Waals surface area contributed by atoms with E-state index in [1.54, 1.807) is 19.9 Å². The zero-order valence-electron chi connectivity index (χ0n) is 16.5. The Morgan fingerprint density at radius 1 is 1.25 bits per heavy atom. The average Bonchev–Trinajstić information content (AvgIpc) is 2.65. The summed E-state index contributed by atoms with van der Waals surface area (Å²) in [6.07, 6.45) is 2.20. The molecule has 0 unspecified atom stereocenters. The van der Waals surface area contributed by atoms with Crippen molar-refractivity contribution in [3.05, 3.63) is 39.7 Å². The molecule has 7 heteroatoms. The van der Waals surface area contributed by atoms with Gasteiger partial charge in [-0.15, -0.1) is 0 Å². The van der Waals surface area contributed by atoms with Crippen LogP contribution in [-0.4, -0.2) is 29.6 Å². The van der Waals surface area contributed by atoms with Crippen molar-refractivity contribution in [1.82, 2.24) is 5.32 Å². The lowest BCUT2D eigenvalue weighted by molar-refractivity contribution is -0.137. The molecule has 0 fully saturated rings. The van der Waals surface area contributed by atoms with E-state index < -0.39 is 17.7 Å². The highest BCUT2D eigenvalue weighted by atomic mass is 16.5. The van der Waals surface area contributed by atoms with Crippen molar-refractivity contribution in [2.75, 3.05) is 6.54 Å². The standard InChI is InChI=1S/C21H27NO6/c1-4-15-12-19(25)28-20-13(2)17(10-9-16(15)20)27-14(3)21(26)22-11-7-5-6-8-18(23)24/h9-10,12,14H,4-8,11H2,1-3H3,(H,22,26)(H,23,24)/t14-/m0/s1. The quantitative estimate of drug-likeness (QED) is 0.477. The summed E-state index contributed by atoms with van der Waals surface area (Å²) in [4.78, 5) is 34.5.